The molecule has 0 unspecified atom stereocenters. The van der Waals surface area contributed by atoms with Crippen LogP contribution in [0.1, 0.15) is 15.9 Å². The Kier molecular flexibility index (Phi) is 6.97. The monoisotopic (exact) mass is 390 g/mol. The highest BCUT2D eigenvalue weighted by Crippen LogP contribution is 2.17. The van der Waals surface area contributed by atoms with Crippen LogP contribution in [-0.4, -0.2) is 25.5 Å². The topological polar surface area (TPSA) is 76.7 Å². The molecule has 0 spiro atoms. The van der Waals surface area contributed by atoms with Gasteiger partial charge in [-0.05, 0) is 54.1 Å². The van der Waals surface area contributed by atoms with Crippen LogP contribution in [0.25, 0.3) is 0 Å². The average molecular weight is 390 g/mol. The number of amides is 2. The standard InChI is InChI=1S/C23H22N2O4/c1-28-16-22(26)24-19-9-11-20(12-10-19)25-23(27)18-7-13-21(14-8-18)29-15-17-5-3-2-4-6-17/h2-14H,15-16H2,1H3,(H,24,26)(H,25,27). The second-order valence-corrected chi connectivity index (χ2v) is 6.31. The van der Waals surface area contributed by atoms with Crippen molar-refractivity contribution in [3.63, 3.8) is 0 Å². The summed E-state index contributed by atoms with van der Waals surface area (Å²) in [7, 11) is 1.46. The fourth-order valence-corrected chi connectivity index (χ4v) is 2.61. The maximum absolute atomic E-state index is 12.4. The molecular weight excluding hydrogens is 368 g/mol. The molecule has 3 rings (SSSR count). The first kappa shape index (κ1) is 20.1. The Balaban J connectivity index is 1.53. The summed E-state index contributed by atoms with van der Waals surface area (Å²) in [6.07, 6.45) is 0. The minimum Gasteiger partial charge on any atom is -0.489 e. The van der Waals surface area contributed by atoms with E-state index in [4.69, 9.17) is 9.47 Å². The highest BCUT2D eigenvalue weighted by Gasteiger charge is 2.07. The summed E-state index contributed by atoms with van der Waals surface area (Å²) in [6.45, 7) is 0.462. The molecule has 2 N–H and O–H groups in total. The summed E-state index contributed by atoms with van der Waals surface area (Å²) in [5.74, 6) is 0.233. The molecule has 2 amide bonds. The molecule has 0 atom stereocenters. The fraction of sp³-hybridized carbons (Fsp3) is 0.130. The first-order chi connectivity index (χ1) is 14.1. The molecule has 29 heavy (non-hydrogen) atoms. The number of carbonyl (C=O) groups is 2. The molecule has 0 aliphatic heterocycles. The maximum atomic E-state index is 12.4. The number of rotatable bonds is 8. The Morgan fingerprint density at radius 1 is 0.793 bits per heavy atom. The molecule has 0 aromatic heterocycles. The Hall–Kier alpha value is -3.64. The van der Waals surface area contributed by atoms with Gasteiger partial charge in [0.15, 0.2) is 0 Å². The predicted molar refractivity (Wildman–Crippen MR) is 112 cm³/mol. The van der Waals surface area contributed by atoms with E-state index in [1.54, 1.807) is 48.5 Å². The number of ether oxygens (including phenoxy) is 2. The van der Waals surface area contributed by atoms with Crippen LogP contribution in [-0.2, 0) is 16.1 Å². The molecule has 0 bridgehead atoms. The van der Waals surface area contributed by atoms with Gasteiger partial charge in [-0.15, -0.1) is 0 Å². The molecule has 0 radical (unpaired) electrons. The second kappa shape index (κ2) is 10.1. The second-order valence-electron chi connectivity index (χ2n) is 6.31. The van der Waals surface area contributed by atoms with Crippen LogP contribution in [0.3, 0.4) is 0 Å². The van der Waals surface area contributed by atoms with Gasteiger partial charge in [0.1, 0.15) is 19.0 Å². The Labute approximate surface area is 169 Å². The zero-order valence-electron chi connectivity index (χ0n) is 16.1. The van der Waals surface area contributed by atoms with Gasteiger partial charge in [0.25, 0.3) is 5.91 Å². The molecule has 6 nitrogen and oxygen atoms in total. The smallest absolute Gasteiger partial charge is 0.255 e. The molecule has 0 fully saturated rings. The lowest BCUT2D eigenvalue weighted by atomic mass is 10.2. The number of carbonyl (C=O) groups excluding carboxylic acids is 2. The molecule has 0 aliphatic rings. The van der Waals surface area contributed by atoms with Gasteiger partial charge in [0.05, 0.1) is 0 Å². The Bertz CT molecular complexity index is 939. The lowest BCUT2D eigenvalue weighted by Crippen LogP contribution is -2.17. The summed E-state index contributed by atoms with van der Waals surface area (Å²) in [4.78, 5) is 23.9. The summed E-state index contributed by atoms with van der Waals surface area (Å²) in [5.41, 5.74) is 2.86. The zero-order valence-corrected chi connectivity index (χ0v) is 16.1. The van der Waals surface area contributed by atoms with Gasteiger partial charge in [0, 0.05) is 24.0 Å². The van der Waals surface area contributed by atoms with Crippen molar-refractivity contribution in [2.45, 2.75) is 6.61 Å². The van der Waals surface area contributed by atoms with Crippen molar-refractivity contribution < 1.29 is 19.1 Å². The highest BCUT2D eigenvalue weighted by molar-refractivity contribution is 6.04. The van der Waals surface area contributed by atoms with Crippen LogP contribution in [0.2, 0.25) is 0 Å². The minimum absolute atomic E-state index is 0.0104. The van der Waals surface area contributed by atoms with Crippen molar-refractivity contribution >= 4 is 23.2 Å². The molecule has 148 valence electrons. The minimum atomic E-state index is -0.237. The van der Waals surface area contributed by atoms with E-state index in [2.05, 4.69) is 10.6 Å². The number of methoxy groups -OCH3 is 1. The summed E-state index contributed by atoms with van der Waals surface area (Å²) in [6, 6.07) is 23.7. The van der Waals surface area contributed by atoms with Crippen LogP contribution >= 0.6 is 0 Å². The number of nitrogens with one attached hydrogen (secondary N) is 2. The van der Waals surface area contributed by atoms with Gasteiger partial charge in [-0.2, -0.15) is 0 Å². The van der Waals surface area contributed by atoms with Gasteiger partial charge >= 0.3 is 0 Å². The van der Waals surface area contributed by atoms with Crippen LogP contribution in [0, 0.1) is 0 Å². The molecule has 3 aromatic carbocycles. The van der Waals surface area contributed by atoms with E-state index in [0.717, 1.165) is 5.56 Å². The molecule has 0 saturated carbocycles. The van der Waals surface area contributed by atoms with Crippen molar-refractivity contribution in [3.8, 4) is 5.75 Å². The number of hydrogen-bond donors (Lipinski definition) is 2. The summed E-state index contributed by atoms with van der Waals surface area (Å²) >= 11 is 0. The van der Waals surface area contributed by atoms with Crippen LogP contribution in [0.15, 0.2) is 78.9 Å². The van der Waals surface area contributed by atoms with E-state index in [-0.39, 0.29) is 18.4 Å². The Morgan fingerprint density at radius 3 is 2.03 bits per heavy atom. The summed E-state index contributed by atoms with van der Waals surface area (Å²) < 4.78 is 10.5. The first-order valence-corrected chi connectivity index (χ1v) is 9.11. The first-order valence-electron chi connectivity index (χ1n) is 9.11. The van der Waals surface area contributed by atoms with Crippen molar-refractivity contribution in [2.75, 3.05) is 24.4 Å². The van der Waals surface area contributed by atoms with Gasteiger partial charge in [-0.25, -0.2) is 0 Å². The third-order valence-electron chi connectivity index (χ3n) is 4.07. The number of hydrogen-bond acceptors (Lipinski definition) is 4. The van der Waals surface area contributed by atoms with Crippen molar-refractivity contribution in [1.82, 2.24) is 0 Å². The van der Waals surface area contributed by atoms with Gasteiger partial charge in [0.2, 0.25) is 5.91 Å². The van der Waals surface area contributed by atoms with Gasteiger partial charge in [-0.1, -0.05) is 30.3 Å². The number of benzene rings is 3. The van der Waals surface area contributed by atoms with Gasteiger partial charge < -0.3 is 20.1 Å². The van der Waals surface area contributed by atoms with Gasteiger partial charge in [-0.3, -0.25) is 9.59 Å². The normalized spacial score (nSPS) is 10.2. The van der Waals surface area contributed by atoms with E-state index >= 15 is 0 Å². The zero-order chi connectivity index (χ0) is 20.5. The van der Waals surface area contributed by atoms with E-state index in [0.29, 0.717) is 29.3 Å². The molecule has 6 heteroatoms. The third-order valence-corrected chi connectivity index (χ3v) is 4.07. The molecule has 0 saturated heterocycles. The van der Waals surface area contributed by atoms with Crippen molar-refractivity contribution in [1.29, 1.82) is 0 Å². The predicted octanol–water partition coefficient (Wildman–Crippen LogP) is 4.10. The molecular formula is C23H22N2O4. The molecule has 0 aliphatic carbocycles. The third kappa shape index (κ3) is 6.19. The van der Waals surface area contributed by atoms with Crippen molar-refractivity contribution in [2.24, 2.45) is 0 Å². The lowest BCUT2D eigenvalue weighted by molar-refractivity contribution is -0.119. The van der Waals surface area contributed by atoms with E-state index < -0.39 is 0 Å². The molecule has 0 heterocycles. The van der Waals surface area contributed by atoms with Crippen LogP contribution < -0.4 is 15.4 Å². The summed E-state index contributed by atoms with van der Waals surface area (Å²) in [5, 5.41) is 5.52. The number of anilines is 2. The lowest BCUT2D eigenvalue weighted by Gasteiger charge is -2.09. The fourth-order valence-electron chi connectivity index (χ4n) is 2.61. The quantitative estimate of drug-likeness (QED) is 0.607. The highest BCUT2D eigenvalue weighted by atomic mass is 16.5. The van der Waals surface area contributed by atoms with Crippen molar-refractivity contribution in [3.05, 3.63) is 90.0 Å². The largest absolute Gasteiger partial charge is 0.489 e. The maximum Gasteiger partial charge on any atom is 0.255 e. The Morgan fingerprint density at radius 2 is 1.41 bits per heavy atom. The average Bonchev–Trinajstić information content (AvgIpc) is 2.75. The van der Waals surface area contributed by atoms with Crippen LogP contribution in [0.4, 0.5) is 11.4 Å². The molecule has 3 aromatic rings. The van der Waals surface area contributed by atoms with E-state index in [9.17, 15) is 9.59 Å². The SMILES string of the molecule is COCC(=O)Nc1ccc(NC(=O)c2ccc(OCc3ccccc3)cc2)cc1. The van der Waals surface area contributed by atoms with E-state index in [1.165, 1.54) is 7.11 Å². The van der Waals surface area contributed by atoms with E-state index in [1.807, 2.05) is 30.3 Å². The van der Waals surface area contributed by atoms with Crippen LogP contribution in [0.5, 0.6) is 5.75 Å².